The minimum atomic E-state index is 0.662. The van der Waals surface area contributed by atoms with E-state index < -0.39 is 0 Å². The van der Waals surface area contributed by atoms with Gasteiger partial charge in [0.1, 0.15) is 22.4 Å². The van der Waals surface area contributed by atoms with Crippen LogP contribution in [-0.4, -0.2) is 21.6 Å². The van der Waals surface area contributed by atoms with E-state index in [9.17, 15) is 0 Å². The van der Waals surface area contributed by atoms with Gasteiger partial charge in [0, 0.05) is 17.5 Å². The smallest absolute Gasteiger partial charge is 0.132 e. The summed E-state index contributed by atoms with van der Waals surface area (Å²) in [4.78, 5) is 14.8. The molecule has 4 rings (SSSR count). The van der Waals surface area contributed by atoms with Crippen molar-refractivity contribution in [3.8, 4) is 26.9 Å². The zero-order chi connectivity index (χ0) is 19.3. The van der Waals surface area contributed by atoms with E-state index in [1.165, 1.54) is 0 Å². The number of hydrogen-bond acceptors (Lipinski definition) is 6. The minimum Gasteiger partial charge on any atom is -0.494 e. The number of aromatic nitrogens is 3. The van der Waals surface area contributed by atoms with Crippen molar-refractivity contribution in [2.45, 2.75) is 13.8 Å². The Hall–Kier alpha value is -3.25. The van der Waals surface area contributed by atoms with Crippen molar-refractivity contribution in [1.82, 2.24) is 15.0 Å². The summed E-state index contributed by atoms with van der Waals surface area (Å²) in [5, 5.41) is 4.22. The fraction of sp³-hybridized carbons (Fsp3) is 0.136. The average molecular weight is 388 g/mol. The zero-order valence-electron chi connectivity index (χ0n) is 15.7. The molecule has 0 bridgehead atoms. The summed E-state index contributed by atoms with van der Waals surface area (Å²) in [6, 6.07) is 19.8. The van der Waals surface area contributed by atoms with Crippen molar-refractivity contribution in [1.29, 1.82) is 0 Å². The van der Waals surface area contributed by atoms with Gasteiger partial charge in [-0.25, -0.2) is 15.0 Å². The molecule has 0 radical (unpaired) electrons. The Morgan fingerprint density at radius 3 is 2.43 bits per heavy atom. The predicted molar refractivity (Wildman–Crippen MR) is 114 cm³/mol. The van der Waals surface area contributed by atoms with Gasteiger partial charge in [-0.1, -0.05) is 12.1 Å². The number of benzene rings is 1. The van der Waals surface area contributed by atoms with E-state index in [2.05, 4.69) is 15.3 Å². The van der Waals surface area contributed by atoms with E-state index >= 15 is 0 Å². The first-order chi connectivity index (χ1) is 13.7. The molecule has 0 aliphatic rings. The van der Waals surface area contributed by atoms with Crippen molar-refractivity contribution >= 4 is 23.0 Å². The van der Waals surface area contributed by atoms with Crippen LogP contribution in [0.4, 0.5) is 11.6 Å². The molecule has 3 aromatic heterocycles. The molecular weight excluding hydrogens is 368 g/mol. The topological polar surface area (TPSA) is 59.9 Å². The summed E-state index contributed by atoms with van der Waals surface area (Å²) >= 11 is 1.62. The lowest BCUT2D eigenvalue weighted by Gasteiger charge is -2.06. The maximum absolute atomic E-state index is 5.50. The van der Waals surface area contributed by atoms with E-state index in [-0.39, 0.29) is 0 Å². The highest BCUT2D eigenvalue weighted by Crippen LogP contribution is 2.32. The monoisotopic (exact) mass is 388 g/mol. The Bertz CT molecular complexity index is 1080. The fourth-order valence-corrected chi connectivity index (χ4v) is 3.66. The number of nitrogens with one attached hydrogen (secondary N) is 1. The molecule has 28 heavy (non-hydrogen) atoms. The number of anilines is 2. The number of nitrogens with zero attached hydrogens (tertiary/aromatic N) is 3. The molecule has 6 heteroatoms. The summed E-state index contributed by atoms with van der Waals surface area (Å²) in [7, 11) is 0. The third-order valence-electron chi connectivity index (χ3n) is 4.06. The molecule has 0 unspecified atom stereocenters. The van der Waals surface area contributed by atoms with Gasteiger partial charge in [0.15, 0.2) is 0 Å². The first-order valence-electron chi connectivity index (χ1n) is 9.08. The number of ether oxygens (including phenoxy) is 1. The lowest BCUT2D eigenvalue weighted by Crippen LogP contribution is -1.97. The predicted octanol–water partition coefficient (Wildman–Crippen LogP) is 5.72. The normalized spacial score (nSPS) is 10.6. The van der Waals surface area contributed by atoms with Crippen LogP contribution in [0.2, 0.25) is 0 Å². The molecule has 140 valence electrons. The zero-order valence-corrected chi connectivity index (χ0v) is 16.5. The number of pyridine rings is 2. The second kappa shape index (κ2) is 8.19. The molecule has 0 fully saturated rings. The lowest BCUT2D eigenvalue weighted by atomic mass is 10.2. The molecule has 0 aliphatic carbocycles. The minimum absolute atomic E-state index is 0.662. The highest BCUT2D eigenvalue weighted by molar-refractivity contribution is 7.18. The van der Waals surface area contributed by atoms with E-state index in [1.54, 1.807) is 11.3 Å². The van der Waals surface area contributed by atoms with Gasteiger partial charge >= 0.3 is 0 Å². The molecule has 0 spiro atoms. The van der Waals surface area contributed by atoms with E-state index in [0.29, 0.717) is 6.61 Å². The second-order valence-corrected chi connectivity index (χ2v) is 7.21. The molecule has 1 N–H and O–H groups in total. The van der Waals surface area contributed by atoms with Crippen LogP contribution in [0.5, 0.6) is 5.75 Å². The van der Waals surface area contributed by atoms with Crippen LogP contribution in [0.25, 0.3) is 21.1 Å². The number of aryl methyl sites for hydroxylation is 1. The van der Waals surface area contributed by atoms with Crippen LogP contribution in [0, 0.1) is 6.92 Å². The lowest BCUT2D eigenvalue weighted by molar-refractivity contribution is 0.340. The van der Waals surface area contributed by atoms with Gasteiger partial charge in [-0.2, -0.15) is 0 Å². The van der Waals surface area contributed by atoms with Crippen molar-refractivity contribution in [3.63, 3.8) is 0 Å². The van der Waals surface area contributed by atoms with Gasteiger partial charge in [0.05, 0.1) is 17.2 Å². The standard InChI is InChI=1S/C22H20N4OS/c1-3-27-17-12-10-16(11-13-17)22-23-14-19(28-22)18-7-5-9-21(25-18)26-20-8-4-6-15(2)24-20/h4-14H,3H2,1-2H3,(H,24,25,26). The van der Waals surface area contributed by atoms with Crippen LogP contribution >= 0.6 is 11.3 Å². The molecule has 0 saturated carbocycles. The second-order valence-electron chi connectivity index (χ2n) is 6.18. The molecule has 0 atom stereocenters. The molecule has 1 aromatic carbocycles. The SMILES string of the molecule is CCOc1ccc(-c2ncc(-c3cccc(Nc4cccc(C)n4)n3)s2)cc1. The van der Waals surface area contributed by atoms with Gasteiger partial charge < -0.3 is 10.1 Å². The Kier molecular flexibility index (Phi) is 5.30. The summed E-state index contributed by atoms with van der Waals surface area (Å²) in [6.07, 6.45) is 1.87. The molecule has 4 aromatic rings. The fourth-order valence-electron chi connectivity index (χ4n) is 2.77. The highest BCUT2D eigenvalue weighted by atomic mass is 32.1. The van der Waals surface area contributed by atoms with Crippen LogP contribution in [0.1, 0.15) is 12.6 Å². The third kappa shape index (κ3) is 4.18. The maximum Gasteiger partial charge on any atom is 0.132 e. The molecule has 0 amide bonds. The molecule has 3 heterocycles. The Balaban J connectivity index is 1.55. The van der Waals surface area contributed by atoms with Gasteiger partial charge in [-0.15, -0.1) is 11.3 Å². The molecule has 5 nitrogen and oxygen atoms in total. The third-order valence-corrected chi connectivity index (χ3v) is 5.13. The Labute approximate surface area is 168 Å². The van der Waals surface area contributed by atoms with Crippen LogP contribution in [0.3, 0.4) is 0 Å². The Morgan fingerprint density at radius 2 is 1.68 bits per heavy atom. The van der Waals surface area contributed by atoms with Crippen molar-refractivity contribution < 1.29 is 4.74 Å². The highest BCUT2D eigenvalue weighted by Gasteiger charge is 2.09. The first-order valence-corrected chi connectivity index (χ1v) is 9.90. The van der Waals surface area contributed by atoms with E-state index in [1.807, 2.05) is 80.7 Å². The van der Waals surface area contributed by atoms with Crippen LogP contribution in [-0.2, 0) is 0 Å². The summed E-state index contributed by atoms with van der Waals surface area (Å²) in [6.45, 7) is 4.61. The number of thiazole rings is 1. The van der Waals surface area contributed by atoms with Crippen molar-refractivity contribution in [2.75, 3.05) is 11.9 Å². The quantitative estimate of drug-likeness (QED) is 0.458. The molecule has 0 aliphatic heterocycles. The number of hydrogen-bond donors (Lipinski definition) is 1. The summed E-state index contributed by atoms with van der Waals surface area (Å²) in [5.74, 6) is 2.41. The molecule has 0 saturated heterocycles. The van der Waals surface area contributed by atoms with E-state index in [0.717, 1.165) is 44.2 Å². The number of rotatable bonds is 6. The largest absolute Gasteiger partial charge is 0.494 e. The Morgan fingerprint density at radius 1 is 0.929 bits per heavy atom. The van der Waals surface area contributed by atoms with Crippen molar-refractivity contribution in [2.24, 2.45) is 0 Å². The molecular formula is C22H20N4OS. The van der Waals surface area contributed by atoms with Gasteiger partial charge in [-0.3, -0.25) is 0 Å². The van der Waals surface area contributed by atoms with Gasteiger partial charge in [-0.05, 0) is 62.4 Å². The van der Waals surface area contributed by atoms with Gasteiger partial charge in [0.2, 0.25) is 0 Å². The first kappa shape index (κ1) is 18.1. The van der Waals surface area contributed by atoms with Crippen LogP contribution < -0.4 is 10.1 Å². The van der Waals surface area contributed by atoms with Crippen LogP contribution in [0.15, 0.2) is 66.9 Å². The average Bonchev–Trinajstić information content (AvgIpc) is 3.19. The van der Waals surface area contributed by atoms with E-state index in [4.69, 9.17) is 9.72 Å². The van der Waals surface area contributed by atoms with Gasteiger partial charge in [0.25, 0.3) is 0 Å². The summed E-state index contributed by atoms with van der Waals surface area (Å²) in [5.41, 5.74) is 2.91. The maximum atomic E-state index is 5.50. The summed E-state index contributed by atoms with van der Waals surface area (Å²) < 4.78 is 5.50. The van der Waals surface area contributed by atoms with Crippen molar-refractivity contribution in [3.05, 3.63) is 72.6 Å².